The van der Waals surface area contributed by atoms with E-state index in [1.165, 1.54) is 22.6 Å². The number of halogens is 1. The number of carbonyl (C=O) groups is 2. The first-order valence-corrected chi connectivity index (χ1v) is 7.30. The lowest BCUT2D eigenvalue weighted by atomic mass is 10.2. The summed E-state index contributed by atoms with van der Waals surface area (Å²) >= 11 is 0. The number of benzene rings is 1. The fourth-order valence-corrected chi connectivity index (χ4v) is 2.23. The Bertz CT molecular complexity index is 1050. The maximum atomic E-state index is 13.5. The summed E-state index contributed by atoms with van der Waals surface area (Å²) in [5, 5.41) is 0. The van der Waals surface area contributed by atoms with Crippen LogP contribution in [0, 0.1) is 12.7 Å². The third kappa shape index (κ3) is 3.23. The number of hydrogen-bond acceptors (Lipinski definition) is 4. The van der Waals surface area contributed by atoms with Gasteiger partial charge in [-0.2, -0.15) is 0 Å². The van der Waals surface area contributed by atoms with Gasteiger partial charge in [0.2, 0.25) is 0 Å². The average Bonchev–Trinajstić information content (AvgIpc) is 2.60. The Labute approximate surface area is 141 Å². The third-order valence-corrected chi connectivity index (χ3v) is 3.50. The number of aromatic nitrogens is 2. The van der Waals surface area contributed by atoms with E-state index in [1.807, 2.05) is 0 Å². The van der Waals surface area contributed by atoms with Crippen molar-refractivity contribution < 1.29 is 14.0 Å². The van der Waals surface area contributed by atoms with Crippen LogP contribution in [0.2, 0.25) is 0 Å². The van der Waals surface area contributed by atoms with Crippen molar-refractivity contribution in [2.45, 2.75) is 6.92 Å². The predicted octanol–water partition coefficient (Wildman–Crippen LogP) is 1.22. The van der Waals surface area contributed by atoms with Crippen LogP contribution in [0.3, 0.4) is 0 Å². The van der Waals surface area contributed by atoms with E-state index in [1.54, 1.807) is 25.3 Å². The second-order valence-corrected chi connectivity index (χ2v) is 5.30. The zero-order valence-corrected chi connectivity index (χ0v) is 13.1. The molecule has 0 radical (unpaired) electrons. The second-order valence-electron chi connectivity index (χ2n) is 5.30. The minimum Gasteiger partial charge on any atom is -0.268 e. The summed E-state index contributed by atoms with van der Waals surface area (Å²) in [6.45, 7) is 1.80. The third-order valence-electron chi connectivity index (χ3n) is 3.50. The van der Waals surface area contributed by atoms with Crippen LogP contribution in [0.15, 0.2) is 53.6 Å². The summed E-state index contributed by atoms with van der Waals surface area (Å²) in [4.78, 5) is 40.4. The summed E-state index contributed by atoms with van der Waals surface area (Å²) < 4.78 is 14.8. The molecule has 0 saturated carbocycles. The summed E-state index contributed by atoms with van der Waals surface area (Å²) in [6.07, 6.45) is 2.68. The zero-order valence-electron chi connectivity index (χ0n) is 13.1. The molecular weight excluding hydrogens is 327 g/mol. The van der Waals surface area contributed by atoms with Crippen molar-refractivity contribution in [1.29, 1.82) is 0 Å². The van der Waals surface area contributed by atoms with Gasteiger partial charge < -0.3 is 0 Å². The van der Waals surface area contributed by atoms with Crippen LogP contribution < -0.4 is 16.4 Å². The molecule has 2 N–H and O–H groups in total. The van der Waals surface area contributed by atoms with Gasteiger partial charge in [-0.1, -0.05) is 18.2 Å². The molecule has 3 aromatic rings. The molecule has 0 spiro atoms. The number of hydrazine groups is 1. The molecule has 2 aromatic heterocycles. The summed E-state index contributed by atoms with van der Waals surface area (Å²) in [5.74, 6) is -2.41. The quantitative estimate of drug-likeness (QED) is 0.686. The first kappa shape index (κ1) is 16.3. The second kappa shape index (κ2) is 6.52. The van der Waals surface area contributed by atoms with Gasteiger partial charge >= 0.3 is 0 Å². The van der Waals surface area contributed by atoms with E-state index in [0.717, 1.165) is 17.8 Å². The number of fused-ring (bicyclic) bond motifs is 1. The topological polar surface area (TPSA) is 92.6 Å². The highest BCUT2D eigenvalue weighted by molar-refractivity contribution is 5.98. The molecule has 2 amide bonds. The molecule has 1 aromatic carbocycles. The highest BCUT2D eigenvalue weighted by Crippen LogP contribution is 2.05. The Morgan fingerprint density at radius 3 is 2.44 bits per heavy atom. The molecule has 0 aliphatic heterocycles. The number of carbonyl (C=O) groups excluding carboxylic acids is 2. The molecule has 2 heterocycles. The summed E-state index contributed by atoms with van der Waals surface area (Å²) in [6, 6.07) is 8.76. The first-order chi connectivity index (χ1) is 12.0. The van der Waals surface area contributed by atoms with Gasteiger partial charge in [-0.15, -0.1) is 0 Å². The van der Waals surface area contributed by atoms with Crippen molar-refractivity contribution in [2.24, 2.45) is 0 Å². The SMILES string of the molecule is Cc1ccc2ncc(C(=O)NNC(=O)c3ccccc3F)c(=O)n2c1. The lowest BCUT2D eigenvalue weighted by Crippen LogP contribution is -2.44. The van der Waals surface area contributed by atoms with Crippen molar-refractivity contribution in [2.75, 3.05) is 0 Å². The number of hydrogen-bond donors (Lipinski definition) is 2. The minimum atomic E-state index is -0.849. The Hall–Kier alpha value is -3.55. The molecule has 126 valence electrons. The maximum Gasteiger partial charge on any atom is 0.276 e. The molecule has 0 unspecified atom stereocenters. The van der Waals surface area contributed by atoms with Gasteiger partial charge in [-0.3, -0.25) is 29.6 Å². The van der Waals surface area contributed by atoms with Crippen LogP contribution in [0.25, 0.3) is 5.65 Å². The Kier molecular flexibility index (Phi) is 4.25. The van der Waals surface area contributed by atoms with Crippen LogP contribution in [-0.2, 0) is 0 Å². The predicted molar refractivity (Wildman–Crippen MR) is 87.5 cm³/mol. The molecule has 8 heteroatoms. The number of aryl methyl sites for hydroxylation is 1. The zero-order chi connectivity index (χ0) is 18.0. The number of nitrogens with one attached hydrogen (secondary N) is 2. The van der Waals surface area contributed by atoms with Crippen LogP contribution in [0.5, 0.6) is 0 Å². The van der Waals surface area contributed by atoms with Gasteiger partial charge in [-0.25, -0.2) is 9.37 Å². The van der Waals surface area contributed by atoms with Crippen molar-refractivity contribution in [1.82, 2.24) is 20.2 Å². The lowest BCUT2D eigenvalue weighted by Gasteiger charge is -2.08. The van der Waals surface area contributed by atoms with Crippen molar-refractivity contribution >= 4 is 17.5 Å². The largest absolute Gasteiger partial charge is 0.276 e. The van der Waals surface area contributed by atoms with Crippen LogP contribution in [0.1, 0.15) is 26.3 Å². The Morgan fingerprint density at radius 2 is 1.72 bits per heavy atom. The van der Waals surface area contributed by atoms with Gasteiger partial charge in [0.05, 0.1) is 5.56 Å². The van der Waals surface area contributed by atoms with Crippen LogP contribution in [0.4, 0.5) is 4.39 Å². The molecule has 0 atom stereocenters. The molecule has 0 bridgehead atoms. The monoisotopic (exact) mass is 340 g/mol. The smallest absolute Gasteiger partial charge is 0.268 e. The normalized spacial score (nSPS) is 10.5. The van der Waals surface area contributed by atoms with Gasteiger partial charge in [0.1, 0.15) is 17.0 Å². The molecule has 0 aliphatic carbocycles. The van der Waals surface area contributed by atoms with Crippen LogP contribution in [-0.4, -0.2) is 21.2 Å². The van der Waals surface area contributed by atoms with Crippen LogP contribution >= 0.6 is 0 Å². The molecule has 25 heavy (non-hydrogen) atoms. The standard InChI is InChI=1S/C17H13FN4O3/c1-10-6-7-14-19-8-12(17(25)22(14)9-10)16(24)21-20-15(23)11-4-2-3-5-13(11)18/h2-9H,1H3,(H,20,23)(H,21,24). The number of nitrogens with zero attached hydrogens (tertiary/aromatic N) is 2. The minimum absolute atomic E-state index is 0.230. The number of pyridine rings is 1. The Morgan fingerprint density at radius 1 is 1.04 bits per heavy atom. The van der Waals surface area contributed by atoms with E-state index >= 15 is 0 Å². The maximum absolute atomic E-state index is 13.5. The van der Waals surface area contributed by atoms with Crippen molar-refractivity contribution in [3.8, 4) is 0 Å². The van der Waals surface area contributed by atoms with E-state index in [0.29, 0.717) is 5.65 Å². The fourth-order valence-electron chi connectivity index (χ4n) is 2.23. The van der Waals surface area contributed by atoms with E-state index in [-0.39, 0.29) is 11.1 Å². The molecule has 3 rings (SSSR count). The highest BCUT2D eigenvalue weighted by Gasteiger charge is 2.16. The van der Waals surface area contributed by atoms with E-state index in [4.69, 9.17) is 0 Å². The first-order valence-electron chi connectivity index (χ1n) is 7.30. The van der Waals surface area contributed by atoms with Gasteiger partial charge in [-0.05, 0) is 30.7 Å². The van der Waals surface area contributed by atoms with E-state index in [2.05, 4.69) is 15.8 Å². The van der Waals surface area contributed by atoms with E-state index < -0.39 is 23.2 Å². The molecule has 0 saturated heterocycles. The van der Waals surface area contributed by atoms with E-state index in [9.17, 15) is 18.8 Å². The summed E-state index contributed by atoms with van der Waals surface area (Å²) in [7, 11) is 0. The van der Waals surface area contributed by atoms with Gasteiger partial charge in [0.15, 0.2) is 0 Å². The van der Waals surface area contributed by atoms with Crippen molar-refractivity contribution in [3.05, 3.63) is 81.7 Å². The van der Waals surface area contributed by atoms with Gasteiger partial charge in [0, 0.05) is 12.4 Å². The number of rotatable bonds is 2. The molecular formula is C17H13FN4O3. The van der Waals surface area contributed by atoms with Gasteiger partial charge in [0.25, 0.3) is 17.4 Å². The fraction of sp³-hybridized carbons (Fsp3) is 0.0588. The summed E-state index contributed by atoms with van der Waals surface area (Å²) in [5.41, 5.74) is 4.31. The molecule has 7 nitrogen and oxygen atoms in total. The molecule has 0 fully saturated rings. The number of amides is 2. The van der Waals surface area contributed by atoms with Crippen molar-refractivity contribution in [3.63, 3.8) is 0 Å². The Balaban J connectivity index is 1.81. The highest BCUT2D eigenvalue weighted by atomic mass is 19.1. The molecule has 0 aliphatic rings. The average molecular weight is 340 g/mol. The lowest BCUT2D eigenvalue weighted by molar-refractivity contribution is 0.0843.